The molecule has 0 bridgehead atoms. The Morgan fingerprint density at radius 2 is 1.95 bits per heavy atom. The second-order valence-corrected chi connectivity index (χ2v) is 5.72. The van der Waals surface area contributed by atoms with Crippen LogP contribution in [0.5, 0.6) is 0 Å². The number of nitrogens with zero attached hydrogens (tertiary/aromatic N) is 3. The summed E-state index contributed by atoms with van der Waals surface area (Å²) in [5.41, 5.74) is 3.76. The van der Waals surface area contributed by atoms with Gasteiger partial charge in [0.05, 0.1) is 5.56 Å². The maximum absolute atomic E-state index is 12.4. The first-order valence-corrected chi connectivity index (χ1v) is 7.68. The first kappa shape index (κ1) is 16.2. The Hall–Kier alpha value is -2.20. The van der Waals surface area contributed by atoms with Crippen LogP contribution in [0.2, 0.25) is 0 Å². The first-order chi connectivity index (χ1) is 10.5. The highest BCUT2D eigenvalue weighted by Crippen LogP contribution is 2.13. The summed E-state index contributed by atoms with van der Waals surface area (Å²) < 4.78 is 1.51. The van der Waals surface area contributed by atoms with E-state index in [2.05, 4.69) is 27.6 Å². The maximum atomic E-state index is 12.4. The zero-order chi connectivity index (χ0) is 16.3. The van der Waals surface area contributed by atoms with Crippen molar-refractivity contribution in [3.05, 3.63) is 33.2 Å². The highest BCUT2D eigenvalue weighted by molar-refractivity contribution is 5.95. The minimum Gasteiger partial charge on any atom is -0.353 e. The minimum absolute atomic E-state index is 0.140. The van der Waals surface area contributed by atoms with Crippen LogP contribution in [0.4, 0.5) is 0 Å². The number of rotatable bonds is 5. The highest BCUT2D eigenvalue weighted by atomic mass is 16.1. The smallest absolute Gasteiger partial charge is 0.275 e. The van der Waals surface area contributed by atoms with Crippen molar-refractivity contribution in [2.24, 2.45) is 0 Å². The van der Waals surface area contributed by atoms with Gasteiger partial charge < -0.3 is 9.80 Å². The van der Waals surface area contributed by atoms with Crippen LogP contribution in [-0.4, -0.2) is 52.5 Å². The summed E-state index contributed by atoms with van der Waals surface area (Å²) in [6.07, 6.45) is 3.52. The molecule has 0 radical (unpaired) electrons. The van der Waals surface area contributed by atoms with E-state index in [1.165, 1.54) is 11.6 Å². The Morgan fingerprint density at radius 1 is 1.32 bits per heavy atom. The van der Waals surface area contributed by atoms with Crippen LogP contribution in [-0.2, 0) is 6.54 Å². The Labute approximate surface area is 130 Å². The lowest BCUT2D eigenvalue weighted by Gasteiger charge is -2.14. The van der Waals surface area contributed by atoms with Gasteiger partial charge in [0.25, 0.3) is 5.56 Å². The Bertz CT molecular complexity index is 665. The summed E-state index contributed by atoms with van der Waals surface area (Å²) in [6.45, 7) is 5.99. The van der Waals surface area contributed by atoms with Crippen molar-refractivity contribution in [2.45, 2.75) is 33.2 Å². The molecule has 0 unspecified atom stereocenters. The van der Waals surface area contributed by atoms with Gasteiger partial charge in [-0.25, -0.2) is 0 Å². The first-order valence-electron chi connectivity index (χ1n) is 7.68. The summed E-state index contributed by atoms with van der Waals surface area (Å²) in [4.78, 5) is 28.4. The van der Waals surface area contributed by atoms with Crippen molar-refractivity contribution in [1.82, 2.24) is 19.6 Å². The minimum atomic E-state index is -0.157. The predicted molar refractivity (Wildman–Crippen MR) is 86.7 cm³/mol. The number of unbranched alkanes of at least 4 members (excludes halogenated alkanes) is 1. The number of aromatic amines is 1. The quantitative estimate of drug-likeness (QED) is 0.662. The maximum Gasteiger partial charge on any atom is 0.275 e. The average Bonchev–Trinajstić information content (AvgIpc) is 2.96. The topological polar surface area (TPSA) is 61.3 Å². The molecule has 2 heterocycles. The molecule has 1 saturated heterocycles. The molecule has 6 nitrogen and oxygen atoms in total. The molecule has 0 spiro atoms. The monoisotopic (exact) mass is 304 g/mol. The number of carbonyl (C=O) groups is 1. The lowest BCUT2D eigenvalue weighted by molar-refractivity contribution is 0.101. The molecule has 0 amide bonds. The van der Waals surface area contributed by atoms with E-state index in [-0.39, 0.29) is 11.3 Å². The largest absolute Gasteiger partial charge is 0.353 e. The molecule has 1 aliphatic heterocycles. The van der Waals surface area contributed by atoms with Crippen molar-refractivity contribution in [1.29, 1.82) is 0 Å². The number of H-pyrrole nitrogens is 1. The third-order valence-corrected chi connectivity index (χ3v) is 3.92. The number of aryl methyl sites for hydroxylation is 1. The molecule has 0 atom stereocenters. The van der Waals surface area contributed by atoms with E-state index in [1.807, 2.05) is 14.1 Å². The summed E-state index contributed by atoms with van der Waals surface area (Å²) >= 11 is 0. The standard InChI is InChI=1S/C16H24N4O2/c1-5-6-9-20-16(22)13(15(17-20)12(2)21)7-8-14-18(3)10-11-19(14)4/h7,17H,5-6,9-11H2,1-4H3. The van der Waals surface area contributed by atoms with E-state index in [1.54, 1.807) is 6.08 Å². The second-order valence-electron chi connectivity index (χ2n) is 5.72. The second kappa shape index (κ2) is 6.71. The lowest BCUT2D eigenvalue weighted by Crippen LogP contribution is -2.18. The number of hydrogen-bond donors (Lipinski definition) is 1. The Balaban J connectivity index is 2.45. The molecular weight excluding hydrogens is 280 g/mol. The summed E-state index contributed by atoms with van der Waals surface area (Å²) in [5, 5.41) is 2.93. The van der Waals surface area contributed by atoms with Gasteiger partial charge in [0.1, 0.15) is 11.5 Å². The van der Waals surface area contributed by atoms with E-state index in [9.17, 15) is 9.59 Å². The van der Waals surface area contributed by atoms with Crippen molar-refractivity contribution < 1.29 is 4.79 Å². The molecule has 1 aliphatic rings. The summed E-state index contributed by atoms with van der Waals surface area (Å²) in [7, 11) is 3.98. The van der Waals surface area contributed by atoms with E-state index >= 15 is 0 Å². The molecule has 6 heteroatoms. The van der Waals surface area contributed by atoms with Crippen LogP contribution in [0.3, 0.4) is 0 Å². The molecule has 1 aromatic rings. The lowest BCUT2D eigenvalue weighted by atomic mass is 10.2. The third kappa shape index (κ3) is 3.17. The number of Topliss-reactive ketones (excluding diaryl/α,β-unsaturated/α-hetero) is 1. The summed E-state index contributed by atoms with van der Waals surface area (Å²) in [5.74, 6) is 0.786. The van der Waals surface area contributed by atoms with Crippen LogP contribution in [0.15, 0.2) is 16.3 Å². The van der Waals surface area contributed by atoms with Gasteiger partial charge in [-0.3, -0.25) is 19.4 Å². The SMILES string of the molecule is CCCCn1[nH]c(C(C)=O)c(C=C=C2N(C)CCN2C)c1=O. The van der Waals surface area contributed by atoms with Crippen molar-refractivity contribution >= 4 is 11.9 Å². The number of carbonyl (C=O) groups excluding carboxylic acids is 1. The fraction of sp³-hybridized carbons (Fsp3) is 0.562. The predicted octanol–water partition coefficient (Wildman–Crippen LogP) is 1.51. The van der Waals surface area contributed by atoms with Crippen LogP contribution in [0.1, 0.15) is 42.7 Å². The van der Waals surface area contributed by atoms with Gasteiger partial charge in [0.2, 0.25) is 0 Å². The third-order valence-electron chi connectivity index (χ3n) is 3.92. The van der Waals surface area contributed by atoms with Gasteiger partial charge in [0, 0.05) is 40.7 Å². The number of aromatic nitrogens is 2. The number of hydrogen-bond acceptors (Lipinski definition) is 4. The molecule has 120 valence electrons. The van der Waals surface area contributed by atoms with Crippen molar-refractivity contribution in [3.8, 4) is 0 Å². The molecule has 1 aromatic heterocycles. The molecule has 22 heavy (non-hydrogen) atoms. The number of ketones is 1. The van der Waals surface area contributed by atoms with Crippen LogP contribution < -0.4 is 5.56 Å². The normalized spacial score (nSPS) is 14.5. The van der Waals surface area contributed by atoms with Crippen molar-refractivity contribution in [2.75, 3.05) is 27.2 Å². The van der Waals surface area contributed by atoms with Gasteiger partial charge in [-0.15, -0.1) is 0 Å². The fourth-order valence-electron chi connectivity index (χ4n) is 2.53. The van der Waals surface area contributed by atoms with E-state index in [0.29, 0.717) is 17.8 Å². The van der Waals surface area contributed by atoms with Crippen molar-refractivity contribution in [3.63, 3.8) is 0 Å². The van der Waals surface area contributed by atoms with Gasteiger partial charge in [-0.2, -0.15) is 0 Å². The molecular formula is C16H24N4O2. The Morgan fingerprint density at radius 3 is 2.50 bits per heavy atom. The van der Waals surface area contributed by atoms with Crippen LogP contribution >= 0.6 is 0 Å². The molecule has 1 fully saturated rings. The molecule has 0 saturated carbocycles. The molecule has 2 rings (SSSR count). The average molecular weight is 304 g/mol. The highest BCUT2D eigenvalue weighted by Gasteiger charge is 2.18. The summed E-state index contributed by atoms with van der Waals surface area (Å²) in [6, 6.07) is 0. The zero-order valence-electron chi connectivity index (χ0n) is 13.8. The van der Waals surface area contributed by atoms with Gasteiger partial charge in [-0.05, 0) is 12.5 Å². The molecule has 1 N–H and O–H groups in total. The van der Waals surface area contributed by atoms with Crippen LogP contribution in [0, 0.1) is 0 Å². The van der Waals surface area contributed by atoms with E-state index in [4.69, 9.17) is 0 Å². The van der Waals surface area contributed by atoms with E-state index < -0.39 is 0 Å². The molecule has 0 aromatic carbocycles. The van der Waals surface area contributed by atoms with Crippen LogP contribution in [0.25, 0.3) is 6.08 Å². The van der Waals surface area contributed by atoms with Gasteiger partial charge in [-0.1, -0.05) is 19.1 Å². The number of likely N-dealkylation sites (N-methyl/N-ethyl adjacent to an activating group) is 2. The van der Waals surface area contributed by atoms with Gasteiger partial charge >= 0.3 is 0 Å². The Kier molecular flexibility index (Phi) is 4.93. The van der Waals surface area contributed by atoms with E-state index in [0.717, 1.165) is 31.8 Å². The van der Waals surface area contributed by atoms with Gasteiger partial charge in [0.15, 0.2) is 5.78 Å². The fourth-order valence-corrected chi connectivity index (χ4v) is 2.53. The number of nitrogens with one attached hydrogen (secondary N) is 1. The molecule has 0 aliphatic carbocycles. The zero-order valence-corrected chi connectivity index (χ0v) is 13.8.